The molecular weight excluding hydrogens is 236 g/mol. The van der Waals surface area contributed by atoms with Crippen LogP contribution in [0, 0.1) is 5.92 Å². The van der Waals surface area contributed by atoms with E-state index in [9.17, 15) is 8.42 Å². The van der Waals surface area contributed by atoms with Crippen LogP contribution in [-0.2, 0) is 10.0 Å². The third-order valence-corrected chi connectivity index (χ3v) is 6.46. The first-order valence-electron chi connectivity index (χ1n) is 6.60. The molecule has 1 rings (SSSR count). The Balaban J connectivity index is 2.63. The molecule has 0 aromatic heterocycles. The summed E-state index contributed by atoms with van der Waals surface area (Å²) in [5.41, 5.74) is 5.46. The van der Waals surface area contributed by atoms with Crippen molar-refractivity contribution in [1.82, 2.24) is 4.31 Å². The quantitative estimate of drug-likeness (QED) is 0.818. The van der Waals surface area contributed by atoms with Gasteiger partial charge in [-0.25, -0.2) is 12.7 Å². The third-order valence-electron chi connectivity index (χ3n) is 4.15. The highest BCUT2D eigenvalue weighted by molar-refractivity contribution is 7.89. The maximum atomic E-state index is 12.2. The summed E-state index contributed by atoms with van der Waals surface area (Å²) >= 11 is 0. The van der Waals surface area contributed by atoms with Crippen molar-refractivity contribution in [3.8, 4) is 0 Å². The lowest BCUT2D eigenvalue weighted by atomic mass is 9.85. The molecule has 0 aliphatic heterocycles. The molecule has 4 nitrogen and oxygen atoms in total. The van der Waals surface area contributed by atoms with Gasteiger partial charge in [-0.3, -0.25) is 0 Å². The molecule has 0 bridgehead atoms. The molecule has 1 aliphatic carbocycles. The molecule has 1 fully saturated rings. The second kappa shape index (κ2) is 6.16. The van der Waals surface area contributed by atoms with Gasteiger partial charge in [0.25, 0.3) is 0 Å². The maximum Gasteiger partial charge on any atom is 0.217 e. The maximum absolute atomic E-state index is 12.2. The predicted octanol–water partition coefficient (Wildman–Crippen LogP) is 1.56. The summed E-state index contributed by atoms with van der Waals surface area (Å²) < 4.78 is 25.9. The van der Waals surface area contributed by atoms with Crippen molar-refractivity contribution in [3.05, 3.63) is 0 Å². The zero-order chi connectivity index (χ0) is 13.1. The van der Waals surface area contributed by atoms with Crippen LogP contribution >= 0.6 is 0 Å². The lowest BCUT2D eigenvalue weighted by molar-refractivity contribution is 0.232. The summed E-state index contributed by atoms with van der Waals surface area (Å²) in [4.78, 5) is 0. The molecule has 1 aliphatic rings. The van der Waals surface area contributed by atoms with Crippen molar-refractivity contribution in [2.45, 2.75) is 57.2 Å². The number of nitrogens with two attached hydrogens (primary N) is 1. The second-order valence-electron chi connectivity index (χ2n) is 5.19. The summed E-state index contributed by atoms with van der Waals surface area (Å²) in [7, 11) is -1.50. The summed E-state index contributed by atoms with van der Waals surface area (Å²) in [6.07, 6.45) is 5.50. The van der Waals surface area contributed by atoms with Crippen LogP contribution in [-0.4, -0.2) is 37.6 Å². The summed E-state index contributed by atoms with van der Waals surface area (Å²) in [5, 5.41) is -0.476. The number of sulfonamides is 1. The fraction of sp³-hybridized carbons (Fsp3) is 1.00. The standard InChI is InChI=1S/C12H26N2O2S/c1-4-11-5-7-12(8-6-11)14(3)17(15,16)10(2)9-13/h10-12H,4-9,13H2,1-3H3. The molecule has 1 atom stereocenters. The number of hydrogen-bond donors (Lipinski definition) is 1. The van der Waals surface area contributed by atoms with Gasteiger partial charge in [-0.05, 0) is 38.5 Å². The third kappa shape index (κ3) is 3.42. The molecule has 102 valence electrons. The van der Waals surface area contributed by atoms with E-state index >= 15 is 0 Å². The van der Waals surface area contributed by atoms with Gasteiger partial charge in [0.1, 0.15) is 0 Å². The average molecular weight is 262 g/mol. The van der Waals surface area contributed by atoms with E-state index in [0.717, 1.165) is 31.6 Å². The van der Waals surface area contributed by atoms with Crippen molar-refractivity contribution in [2.24, 2.45) is 11.7 Å². The van der Waals surface area contributed by atoms with Crippen LogP contribution < -0.4 is 5.73 Å². The van der Waals surface area contributed by atoms with E-state index in [0.29, 0.717) is 0 Å². The number of nitrogens with zero attached hydrogens (tertiary/aromatic N) is 1. The highest BCUT2D eigenvalue weighted by atomic mass is 32.2. The van der Waals surface area contributed by atoms with Gasteiger partial charge >= 0.3 is 0 Å². The Kier molecular flexibility index (Phi) is 5.41. The van der Waals surface area contributed by atoms with Crippen molar-refractivity contribution < 1.29 is 8.42 Å². The molecule has 0 aromatic carbocycles. The minimum absolute atomic E-state index is 0.178. The van der Waals surface area contributed by atoms with Crippen LogP contribution in [0.25, 0.3) is 0 Å². The van der Waals surface area contributed by atoms with E-state index in [1.165, 1.54) is 6.42 Å². The Hall–Kier alpha value is -0.130. The van der Waals surface area contributed by atoms with Gasteiger partial charge in [-0.1, -0.05) is 13.3 Å². The Labute approximate surface area is 106 Å². The fourth-order valence-corrected chi connectivity index (χ4v) is 3.97. The van der Waals surface area contributed by atoms with E-state index < -0.39 is 15.3 Å². The Bertz CT molecular complexity index is 321. The first-order chi connectivity index (χ1) is 7.93. The minimum atomic E-state index is -3.20. The normalized spacial score (nSPS) is 28.3. The molecular formula is C12H26N2O2S. The fourth-order valence-electron chi connectivity index (χ4n) is 2.53. The molecule has 17 heavy (non-hydrogen) atoms. The molecule has 5 heteroatoms. The Morgan fingerprint density at radius 1 is 1.29 bits per heavy atom. The highest BCUT2D eigenvalue weighted by Crippen LogP contribution is 2.30. The first-order valence-corrected chi connectivity index (χ1v) is 8.10. The van der Waals surface area contributed by atoms with Crippen LogP contribution in [0.1, 0.15) is 46.0 Å². The highest BCUT2D eigenvalue weighted by Gasteiger charge is 2.32. The topological polar surface area (TPSA) is 63.4 Å². The predicted molar refractivity (Wildman–Crippen MR) is 71.2 cm³/mol. The zero-order valence-electron chi connectivity index (χ0n) is 11.2. The Morgan fingerprint density at radius 2 is 1.82 bits per heavy atom. The van der Waals surface area contributed by atoms with Gasteiger partial charge in [-0.2, -0.15) is 0 Å². The van der Waals surface area contributed by atoms with Crippen molar-refractivity contribution in [1.29, 1.82) is 0 Å². The van der Waals surface area contributed by atoms with Crippen LogP contribution in [0.2, 0.25) is 0 Å². The second-order valence-corrected chi connectivity index (χ2v) is 7.60. The van der Waals surface area contributed by atoms with E-state index in [1.807, 2.05) is 0 Å². The molecule has 2 N–H and O–H groups in total. The van der Waals surface area contributed by atoms with E-state index in [-0.39, 0.29) is 12.6 Å². The van der Waals surface area contributed by atoms with Crippen LogP contribution in [0.4, 0.5) is 0 Å². The van der Waals surface area contributed by atoms with Crippen molar-refractivity contribution in [2.75, 3.05) is 13.6 Å². The summed E-state index contributed by atoms with van der Waals surface area (Å²) in [5.74, 6) is 0.786. The zero-order valence-corrected chi connectivity index (χ0v) is 12.0. The van der Waals surface area contributed by atoms with Crippen molar-refractivity contribution >= 4 is 10.0 Å². The molecule has 0 amide bonds. The lowest BCUT2D eigenvalue weighted by Crippen LogP contribution is -2.45. The number of hydrogen-bond acceptors (Lipinski definition) is 3. The Morgan fingerprint density at radius 3 is 2.24 bits per heavy atom. The lowest BCUT2D eigenvalue weighted by Gasteiger charge is -2.34. The van der Waals surface area contributed by atoms with Gasteiger partial charge in [-0.15, -0.1) is 0 Å². The molecule has 0 radical (unpaired) electrons. The van der Waals surface area contributed by atoms with E-state index in [1.54, 1.807) is 18.3 Å². The van der Waals surface area contributed by atoms with Crippen molar-refractivity contribution in [3.63, 3.8) is 0 Å². The molecule has 0 spiro atoms. The van der Waals surface area contributed by atoms with Gasteiger partial charge in [0.2, 0.25) is 10.0 Å². The van der Waals surface area contributed by atoms with Crippen LogP contribution in [0.5, 0.6) is 0 Å². The summed E-state index contributed by atoms with van der Waals surface area (Å²) in [6, 6.07) is 0.178. The average Bonchev–Trinajstić information content (AvgIpc) is 2.36. The van der Waals surface area contributed by atoms with Gasteiger partial charge in [0.05, 0.1) is 5.25 Å². The smallest absolute Gasteiger partial charge is 0.217 e. The first kappa shape index (κ1) is 14.9. The van der Waals surface area contributed by atoms with Gasteiger partial charge < -0.3 is 5.73 Å². The minimum Gasteiger partial charge on any atom is -0.329 e. The summed E-state index contributed by atoms with van der Waals surface area (Å²) in [6.45, 7) is 4.09. The number of rotatable bonds is 5. The van der Waals surface area contributed by atoms with E-state index in [4.69, 9.17) is 5.73 Å². The molecule has 1 unspecified atom stereocenters. The SMILES string of the molecule is CCC1CCC(N(C)S(=O)(=O)C(C)CN)CC1. The van der Waals surface area contributed by atoms with Gasteiger partial charge in [0.15, 0.2) is 0 Å². The molecule has 1 saturated carbocycles. The molecule has 0 heterocycles. The monoisotopic (exact) mass is 262 g/mol. The van der Waals surface area contributed by atoms with Crippen LogP contribution in [0.15, 0.2) is 0 Å². The molecule has 0 aromatic rings. The van der Waals surface area contributed by atoms with E-state index in [2.05, 4.69) is 6.92 Å². The largest absolute Gasteiger partial charge is 0.329 e. The molecule has 0 saturated heterocycles. The van der Waals surface area contributed by atoms with Gasteiger partial charge in [0, 0.05) is 19.6 Å². The van der Waals surface area contributed by atoms with Crippen LogP contribution in [0.3, 0.4) is 0 Å².